The van der Waals surface area contributed by atoms with Crippen LogP contribution in [0.3, 0.4) is 0 Å². The largest absolute Gasteiger partial charge is 0.458 e. The Morgan fingerprint density at radius 3 is 2.63 bits per heavy atom. The molecule has 7 heteroatoms. The lowest BCUT2D eigenvalue weighted by Gasteiger charge is -2.47. The summed E-state index contributed by atoms with van der Waals surface area (Å²) in [5.74, 6) is -0.254. The van der Waals surface area contributed by atoms with Gasteiger partial charge in [-0.05, 0) is 36.8 Å². The summed E-state index contributed by atoms with van der Waals surface area (Å²) in [5, 5.41) is 0. The fourth-order valence-electron chi connectivity index (χ4n) is 3.96. The standard InChI is InChI=1S/C20H30N2O3.2ClH/c1-4-24-19-16(25-20(23)17(21)13(2)3)10-12-22-11-9-14-7-5-6-8-15(14)18(19)22;;/h5-8,13,16-19H,4,9-12,21H2,1-3H3;2*1H. The molecule has 1 aromatic carbocycles. The van der Waals surface area contributed by atoms with Crippen LogP contribution in [-0.4, -0.2) is 48.8 Å². The molecule has 0 spiro atoms. The first kappa shape index (κ1) is 24.2. The molecule has 0 radical (unpaired) electrons. The first-order valence-corrected chi connectivity index (χ1v) is 9.42. The Morgan fingerprint density at radius 2 is 1.96 bits per heavy atom. The van der Waals surface area contributed by atoms with Crippen LogP contribution >= 0.6 is 24.8 Å². The van der Waals surface area contributed by atoms with E-state index in [2.05, 4.69) is 29.2 Å². The lowest BCUT2D eigenvalue weighted by Crippen LogP contribution is -2.55. The van der Waals surface area contributed by atoms with E-state index in [-0.39, 0.29) is 55.0 Å². The number of carbonyl (C=O) groups excluding carboxylic acids is 1. The SMILES string of the molecule is CCOC1C(OC(=O)C(N)C(C)C)CCN2CCc3ccccc3C12.Cl.Cl. The van der Waals surface area contributed by atoms with Crippen LogP contribution in [0.25, 0.3) is 0 Å². The highest BCUT2D eigenvalue weighted by Gasteiger charge is 2.44. The molecule has 0 bridgehead atoms. The minimum atomic E-state index is -0.584. The van der Waals surface area contributed by atoms with Crippen LogP contribution in [0.1, 0.15) is 44.4 Å². The van der Waals surface area contributed by atoms with E-state index < -0.39 is 6.04 Å². The lowest BCUT2D eigenvalue weighted by atomic mass is 9.83. The Hall–Kier alpha value is -0.850. The molecule has 1 fully saturated rings. The van der Waals surface area contributed by atoms with E-state index in [1.807, 2.05) is 20.8 Å². The van der Waals surface area contributed by atoms with Crippen LogP contribution in [0.5, 0.6) is 0 Å². The molecular formula is C20H32Cl2N2O3. The van der Waals surface area contributed by atoms with Crippen molar-refractivity contribution in [1.29, 1.82) is 0 Å². The summed E-state index contributed by atoms with van der Waals surface area (Å²) < 4.78 is 11.9. The zero-order valence-electron chi connectivity index (χ0n) is 16.3. The zero-order valence-corrected chi connectivity index (χ0v) is 17.9. The fourth-order valence-corrected chi connectivity index (χ4v) is 3.96. The number of rotatable bonds is 5. The Kier molecular flexibility index (Phi) is 9.52. The van der Waals surface area contributed by atoms with Crippen molar-refractivity contribution in [2.45, 2.75) is 57.9 Å². The lowest BCUT2D eigenvalue weighted by molar-refractivity contribution is -0.173. The second-order valence-electron chi connectivity index (χ2n) is 7.38. The summed E-state index contributed by atoms with van der Waals surface area (Å²) in [6.07, 6.45) is 1.46. The number of piperidine rings is 1. The molecule has 2 aliphatic heterocycles. The predicted molar refractivity (Wildman–Crippen MR) is 112 cm³/mol. The third kappa shape index (κ3) is 5.15. The maximum absolute atomic E-state index is 12.4. The van der Waals surface area contributed by atoms with Gasteiger partial charge in [0.1, 0.15) is 18.2 Å². The Bertz CT molecular complexity index is 615. The molecule has 27 heavy (non-hydrogen) atoms. The van der Waals surface area contributed by atoms with Crippen LogP contribution < -0.4 is 5.73 Å². The number of nitrogens with two attached hydrogens (primary N) is 1. The maximum atomic E-state index is 12.4. The summed E-state index contributed by atoms with van der Waals surface area (Å²) in [7, 11) is 0. The van der Waals surface area contributed by atoms with Gasteiger partial charge in [-0.15, -0.1) is 24.8 Å². The van der Waals surface area contributed by atoms with Crippen LogP contribution in [0.4, 0.5) is 0 Å². The van der Waals surface area contributed by atoms with Gasteiger partial charge in [0.25, 0.3) is 0 Å². The number of hydrogen-bond acceptors (Lipinski definition) is 5. The average Bonchev–Trinajstić information content (AvgIpc) is 2.62. The number of carbonyl (C=O) groups is 1. The first-order valence-electron chi connectivity index (χ1n) is 9.42. The third-order valence-electron chi connectivity index (χ3n) is 5.43. The molecule has 5 nitrogen and oxygen atoms in total. The normalized spacial score (nSPS) is 25.4. The highest BCUT2D eigenvalue weighted by atomic mass is 35.5. The van der Waals surface area contributed by atoms with E-state index in [4.69, 9.17) is 15.2 Å². The predicted octanol–water partition coefficient (Wildman–Crippen LogP) is 3.13. The summed E-state index contributed by atoms with van der Waals surface area (Å²) in [4.78, 5) is 14.9. The topological polar surface area (TPSA) is 64.8 Å². The molecule has 1 aromatic rings. The van der Waals surface area contributed by atoms with Crippen molar-refractivity contribution >= 4 is 30.8 Å². The fraction of sp³-hybridized carbons (Fsp3) is 0.650. The number of hydrogen-bond donors (Lipinski definition) is 1. The minimum Gasteiger partial charge on any atom is -0.458 e. The van der Waals surface area contributed by atoms with Crippen LogP contribution in [0.2, 0.25) is 0 Å². The summed E-state index contributed by atoms with van der Waals surface area (Å²) in [6.45, 7) is 8.40. The van der Waals surface area contributed by atoms with Crippen LogP contribution in [0.15, 0.2) is 24.3 Å². The van der Waals surface area contributed by atoms with Gasteiger partial charge in [-0.25, -0.2) is 0 Å². The highest BCUT2D eigenvalue weighted by Crippen LogP contribution is 2.39. The molecule has 4 unspecified atom stereocenters. The minimum absolute atomic E-state index is 0. The van der Waals surface area contributed by atoms with Gasteiger partial charge in [0.15, 0.2) is 0 Å². The van der Waals surface area contributed by atoms with Crippen molar-refractivity contribution in [2.24, 2.45) is 11.7 Å². The molecule has 2 heterocycles. The Labute approximate surface area is 174 Å². The molecule has 3 rings (SSSR count). The number of ether oxygens (including phenoxy) is 2. The van der Waals surface area contributed by atoms with E-state index in [1.54, 1.807) is 0 Å². The monoisotopic (exact) mass is 418 g/mol. The first-order chi connectivity index (χ1) is 12.0. The summed E-state index contributed by atoms with van der Waals surface area (Å²) >= 11 is 0. The van der Waals surface area contributed by atoms with Gasteiger partial charge >= 0.3 is 5.97 Å². The van der Waals surface area contributed by atoms with Gasteiger partial charge in [0, 0.05) is 19.7 Å². The molecule has 0 saturated carbocycles. The van der Waals surface area contributed by atoms with E-state index in [0.717, 1.165) is 25.9 Å². The molecule has 154 valence electrons. The summed E-state index contributed by atoms with van der Waals surface area (Å²) in [5.41, 5.74) is 8.66. The molecule has 4 atom stereocenters. The average molecular weight is 419 g/mol. The van der Waals surface area contributed by atoms with E-state index in [1.165, 1.54) is 11.1 Å². The van der Waals surface area contributed by atoms with Gasteiger partial charge in [-0.1, -0.05) is 38.1 Å². The quantitative estimate of drug-likeness (QED) is 0.743. The smallest absolute Gasteiger partial charge is 0.323 e. The highest BCUT2D eigenvalue weighted by molar-refractivity contribution is 5.85. The van der Waals surface area contributed by atoms with E-state index in [0.29, 0.717) is 6.61 Å². The second-order valence-corrected chi connectivity index (χ2v) is 7.38. The van der Waals surface area contributed by atoms with Crippen molar-refractivity contribution in [1.82, 2.24) is 4.90 Å². The number of fused-ring (bicyclic) bond motifs is 3. The molecule has 0 amide bonds. The molecule has 0 aromatic heterocycles. The molecular weight excluding hydrogens is 387 g/mol. The number of benzene rings is 1. The van der Waals surface area contributed by atoms with Gasteiger partial charge in [-0.2, -0.15) is 0 Å². The Morgan fingerprint density at radius 1 is 1.26 bits per heavy atom. The summed E-state index contributed by atoms with van der Waals surface area (Å²) in [6, 6.07) is 8.11. The van der Waals surface area contributed by atoms with Gasteiger partial charge in [0.05, 0.1) is 6.04 Å². The van der Waals surface area contributed by atoms with Gasteiger partial charge < -0.3 is 15.2 Å². The Balaban J connectivity index is 0.00000182. The van der Waals surface area contributed by atoms with E-state index >= 15 is 0 Å². The van der Waals surface area contributed by atoms with Gasteiger partial charge in [-0.3, -0.25) is 9.69 Å². The maximum Gasteiger partial charge on any atom is 0.323 e. The van der Waals surface area contributed by atoms with Crippen molar-refractivity contribution < 1.29 is 14.3 Å². The van der Waals surface area contributed by atoms with Crippen molar-refractivity contribution in [3.63, 3.8) is 0 Å². The van der Waals surface area contributed by atoms with Crippen LogP contribution in [0, 0.1) is 5.92 Å². The van der Waals surface area contributed by atoms with Crippen molar-refractivity contribution in [3.8, 4) is 0 Å². The van der Waals surface area contributed by atoms with Crippen LogP contribution in [-0.2, 0) is 20.7 Å². The van der Waals surface area contributed by atoms with Crippen molar-refractivity contribution in [2.75, 3.05) is 19.7 Å². The molecule has 1 saturated heterocycles. The number of halogens is 2. The van der Waals surface area contributed by atoms with E-state index in [9.17, 15) is 4.79 Å². The molecule has 2 N–H and O–H groups in total. The number of nitrogens with zero attached hydrogens (tertiary/aromatic N) is 1. The zero-order chi connectivity index (χ0) is 18.0. The number of esters is 1. The van der Waals surface area contributed by atoms with Gasteiger partial charge in [0.2, 0.25) is 0 Å². The van der Waals surface area contributed by atoms with Crippen molar-refractivity contribution in [3.05, 3.63) is 35.4 Å². The molecule has 0 aliphatic carbocycles. The third-order valence-corrected chi connectivity index (χ3v) is 5.43. The second kappa shape index (κ2) is 10.6. The molecule has 2 aliphatic rings.